The second kappa shape index (κ2) is 6.95. The van der Waals surface area contributed by atoms with Gasteiger partial charge in [0.15, 0.2) is 0 Å². The molecule has 100 valence electrons. The van der Waals surface area contributed by atoms with Crippen molar-refractivity contribution in [3.05, 3.63) is 35.4 Å². The molecule has 0 bridgehead atoms. The smallest absolute Gasteiger partial charge is 0.142 e. The topological polar surface area (TPSA) is 40.1 Å². The van der Waals surface area contributed by atoms with Crippen LogP contribution in [0.15, 0.2) is 24.3 Å². The molecule has 0 heterocycles. The Labute approximate surface area is 113 Å². The van der Waals surface area contributed by atoms with Crippen LogP contribution in [0.3, 0.4) is 0 Å². The van der Waals surface area contributed by atoms with Gasteiger partial charge >= 0.3 is 0 Å². The van der Waals surface area contributed by atoms with Crippen molar-refractivity contribution in [1.29, 1.82) is 0 Å². The molecule has 0 spiro atoms. The van der Waals surface area contributed by atoms with Gasteiger partial charge in [-0.25, -0.2) is 0 Å². The Morgan fingerprint density at radius 3 is 2.22 bits per heavy atom. The molecule has 0 saturated carbocycles. The van der Waals surface area contributed by atoms with Gasteiger partial charge in [0.2, 0.25) is 0 Å². The largest absolute Gasteiger partial charge is 0.617 e. The quantitative estimate of drug-likeness (QED) is 0.743. The van der Waals surface area contributed by atoms with Crippen molar-refractivity contribution in [2.24, 2.45) is 5.92 Å². The molecule has 0 amide bonds. The van der Waals surface area contributed by atoms with Crippen molar-refractivity contribution in [2.75, 3.05) is 12.0 Å². The highest BCUT2D eigenvalue weighted by Crippen LogP contribution is 2.20. The summed E-state index contributed by atoms with van der Waals surface area (Å²) in [7, 11) is 0. The fourth-order valence-corrected chi connectivity index (χ4v) is 2.94. The van der Waals surface area contributed by atoms with E-state index in [9.17, 15) is 9.35 Å². The third kappa shape index (κ3) is 4.83. The summed E-state index contributed by atoms with van der Waals surface area (Å²) in [6.45, 7) is 5.94. The van der Waals surface area contributed by atoms with Crippen LogP contribution in [0, 0.1) is 5.92 Å². The zero-order valence-electron chi connectivity index (χ0n) is 11.6. The van der Waals surface area contributed by atoms with E-state index < -0.39 is 11.2 Å². The Morgan fingerprint density at radius 2 is 1.83 bits per heavy atom. The average Bonchev–Trinajstić information content (AvgIpc) is 2.26. The normalized spacial score (nSPS) is 14.6. The molecule has 0 N–H and O–H groups in total. The SMILES string of the molecule is CC(=O)[C@@H](C[S+](C)[O-])c1ccc(CC(C)C)cc1. The Balaban J connectivity index is 2.83. The maximum Gasteiger partial charge on any atom is 0.142 e. The minimum Gasteiger partial charge on any atom is -0.617 e. The summed E-state index contributed by atoms with van der Waals surface area (Å²) in [6.07, 6.45) is 2.69. The Hall–Kier alpha value is -0.800. The van der Waals surface area contributed by atoms with Crippen molar-refractivity contribution >= 4 is 17.0 Å². The zero-order chi connectivity index (χ0) is 13.7. The molecule has 18 heavy (non-hydrogen) atoms. The second-order valence-corrected chi connectivity index (χ2v) is 6.72. The van der Waals surface area contributed by atoms with Crippen molar-refractivity contribution in [3.8, 4) is 0 Å². The van der Waals surface area contributed by atoms with Crippen LogP contribution in [0.4, 0.5) is 0 Å². The van der Waals surface area contributed by atoms with E-state index in [4.69, 9.17) is 0 Å². The number of hydrogen-bond donors (Lipinski definition) is 0. The van der Waals surface area contributed by atoms with Gasteiger partial charge in [-0.3, -0.25) is 4.79 Å². The molecule has 0 aromatic heterocycles. The standard InChI is InChI=1S/C15H22O2S/c1-11(2)9-13-5-7-14(8-6-13)15(12(3)16)10-18(4)17/h5-8,11,15H,9-10H2,1-4H3/t15-,18?/m1/s1. The minimum atomic E-state index is -0.952. The molecule has 1 unspecified atom stereocenters. The fraction of sp³-hybridized carbons (Fsp3) is 0.533. The van der Waals surface area contributed by atoms with E-state index in [0.717, 1.165) is 12.0 Å². The number of carbonyl (C=O) groups excluding carboxylic acids is 1. The van der Waals surface area contributed by atoms with E-state index in [0.29, 0.717) is 11.7 Å². The molecule has 1 rings (SSSR count). The Bertz CT molecular complexity index is 382. The van der Waals surface area contributed by atoms with Gasteiger partial charge in [-0.1, -0.05) is 49.3 Å². The van der Waals surface area contributed by atoms with E-state index >= 15 is 0 Å². The summed E-state index contributed by atoms with van der Waals surface area (Å²) in [4.78, 5) is 11.6. The highest BCUT2D eigenvalue weighted by atomic mass is 32.2. The number of hydrogen-bond acceptors (Lipinski definition) is 2. The summed E-state index contributed by atoms with van der Waals surface area (Å²) < 4.78 is 11.3. The lowest BCUT2D eigenvalue weighted by Gasteiger charge is -2.15. The van der Waals surface area contributed by atoms with E-state index in [1.807, 2.05) is 12.1 Å². The van der Waals surface area contributed by atoms with Gasteiger partial charge in [0.25, 0.3) is 0 Å². The number of rotatable bonds is 6. The van der Waals surface area contributed by atoms with Gasteiger partial charge in [0.1, 0.15) is 11.5 Å². The predicted octanol–water partition coefficient (Wildman–Crippen LogP) is 2.94. The first kappa shape index (κ1) is 15.3. The van der Waals surface area contributed by atoms with Crippen LogP contribution in [0.25, 0.3) is 0 Å². The van der Waals surface area contributed by atoms with Crippen LogP contribution in [0.2, 0.25) is 0 Å². The van der Waals surface area contributed by atoms with E-state index in [2.05, 4.69) is 26.0 Å². The molecule has 2 nitrogen and oxygen atoms in total. The first-order valence-corrected chi connectivity index (χ1v) is 8.02. The molecular formula is C15H22O2S. The summed E-state index contributed by atoms with van der Waals surface area (Å²) in [5, 5.41) is 0. The van der Waals surface area contributed by atoms with Crippen molar-refractivity contribution in [2.45, 2.75) is 33.1 Å². The molecule has 0 aliphatic rings. The lowest BCUT2D eigenvalue weighted by Crippen LogP contribution is -2.19. The molecule has 0 aliphatic carbocycles. The first-order chi connectivity index (χ1) is 8.40. The molecule has 0 aliphatic heterocycles. The minimum absolute atomic E-state index is 0.0850. The first-order valence-electron chi connectivity index (χ1n) is 6.29. The van der Waals surface area contributed by atoms with Gasteiger partial charge in [-0.05, 0) is 30.4 Å². The maximum atomic E-state index is 11.6. The molecule has 0 radical (unpaired) electrons. The third-order valence-electron chi connectivity index (χ3n) is 2.92. The van der Waals surface area contributed by atoms with Gasteiger partial charge in [0.05, 0.1) is 12.2 Å². The summed E-state index contributed by atoms with van der Waals surface area (Å²) in [6, 6.07) is 8.14. The second-order valence-electron chi connectivity index (χ2n) is 5.24. The van der Waals surface area contributed by atoms with Crippen LogP contribution >= 0.6 is 0 Å². The van der Waals surface area contributed by atoms with E-state index in [-0.39, 0.29) is 11.7 Å². The Kier molecular flexibility index (Phi) is 5.89. The third-order valence-corrected chi connectivity index (χ3v) is 3.72. The lowest BCUT2D eigenvalue weighted by molar-refractivity contribution is -0.118. The summed E-state index contributed by atoms with van der Waals surface area (Å²) in [5.74, 6) is 0.895. The number of ketones is 1. The number of Topliss-reactive ketones (excluding diaryl/α,β-unsaturated/α-hetero) is 1. The predicted molar refractivity (Wildman–Crippen MR) is 77.3 cm³/mol. The highest BCUT2D eigenvalue weighted by Gasteiger charge is 2.21. The van der Waals surface area contributed by atoms with Crippen molar-refractivity contribution in [1.82, 2.24) is 0 Å². The molecule has 0 fully saturated rings. The molecule has 2 atom stereocenters. The fourth-order valence-electron chi connectivity index (χ4n) is 2.04. The monoisotopic (exact) mass is 266 g/mol. The summed E-state index contributed by atoms with van der Waals surface area (Å²) in [5.41, 5.74) is 2.26. The van der Waals surface area contributed by atoms with Gasteiger partial charge in [-0.15, -0.1) is 0 Å². The number of benzene rings is 1. The van der Waals surface area contributed by atoms with Crippen LogP contribution < -0.4 is 0 Å². The van der Waals surface area contributed by atoms with Gasteiger partial charge < -0.3 is 4.55 Å². The lowest BCUT2D eigenvalue weighted by atomic mass is 9.94. The average molecular weight is 266 g/mol. The zero-order valence-corrected chi connectivity index (χ0v) is 12.4. The van der Waals surface area contributed by atoms with E-state index in [1.165, 1.54) is 5.56 Å². The van der Waals surface area contributed by atoms with E-state index in [1.54, 1.807) is 13.2 Å². The van der Waals surface area contributed by atoms with Crippen LogP contribution in [0.5, 0.6) is 0 Å². The highest BCUT2D eigenvalue weighted by molar-refractivity contribution is 7.90. The van der Waals surface area contributed by atoms with Crippen LogP contribution in [0.1, 0.15) is 37.8 Å². The Morgan fingerprint density at radius 1 is 1.28 bits per heavy atom. The van der Waals surface area contributed by atoms with Gasteiger partial charge in [-0.2, -0.15) is 0 Å². The number of carbonyl (C=O) groups is 1. The summed E-state index contributed by atoms with van der Waals surface area (Å²) >= 11 is -0.952. The van der Waals surface area contributed by atoms with Crippen molar-refractivity contribution < 1.29 is 9.35 Å². The van der Waals surface area contributed by atoms with Crippen LogP contribution in [-0.2, 0) is 22.4 Å². The molecule has 1 aromatic carbocycles. The molecular weight excluding hydrogens is 244 g/mol. The van der Waals surface area contributed by atoms with Gasteiger partial charge in [0, 0.05) is 0 Å². The molecule has 0 saturated heterocycles. The molecule has 3 heteroatoms. The maximum absolute atomic E-state index is 11.6. The van der Waals surface area contributed by atoms with Crippen molar-refractivity contribution in [3.63, 3.8) is 0 Å². The van der Waals surface area contributed by atoms with Crippen LogP contribution in [-0.4, -0.2) is 22.3 Å². The molecule has 1 aromatic rings.